The molecule has 0 aliphatic rings. The Morgan fingerprint density at radius 3 is 2.59 bits per heavy atom. The number of amides is 1. The molecule has 0 saturated heterocycles. The molecular formula is C22H18F3N5O2. The monoisotopic (exact) mass is 441 g/mol. The fraction of sp³-hybridized carbons (Fsp3) is 0.182. The van der Waals surface area contributed by atoms with Gasteiger partial charge in [0.2, 0.25) is 5.91 Å². The lowest BCUT2D eigenvalue weighted by Crippen LogP contribution is -2.24. The predicted octanol–water partition coefficient (Wildman–Crippen LogP) is 3.68. The van der Waals surface area contributed by atoms with Crippen LogP contribution in [0.4, 0.5) is 13.2 Å². The number of halogens is 3. The SMILES string of the molecule is COc1cccc(CC(=O)NCc2ccc(-c3ccnc4nc(C(F)(F)F)nn34)cc2)c1. The summed E-state index contributed by atoms with van der Waals surface area (Å²) in [5, 5.41) is 6.40. The van der Waals surface area contributed by atoms with E-state index in [1.165, 1.54) is 6.20 Å². The average Bonchev–Trinajstić information content (AvgIpc) is 3.23. The number of nitrogens with one attached hydrogen (secondary N) is 1. The maximum atomic E-state index is 12.9. The molecule has 1 amide bonds. The number of nitrogens with zero attached hydrogens (tertiary/aromatic N) is 4. The first kappa shape index (κ1) is 21.3. The zero-order valence-corrected chi connectivity index (χ0v) is 16.9. The number of rotatable bonds is 6. The average molecular weight is 441 g/mol. The Labute approximate surface area is 180 Å². The zero-order chi connectivity index (χ0) is 22.7. The molecule has 0 fully saturated rings. The molecule has 4 rings (SSSR count). The summed E-state index contributed by atoms with van der Waals surface area (Å²) in [7, 11) is 1.57. The van der Waals surface area contributed by atoms with Crippen LogP contribution in [0, 0.1) is 0 Å². The van der Waals surface area contributed by atoms with Gasteiger partial charge >= 0.3 is 6.18 Å². The Balaban J connectivity index is 1.44. The van der Waals surface area contributed by atoms with Gasteiger partial charge in [-0.1, -0.05) is 36.4 Å². The van der Waals surface area contributed by atoms with E-state index in [-0.39, 0.29) is 18.1 Å². The molecule has 0 atom stereocenters. The molecule has 2 aromatic carbocycles. The third-order valence-electron chi connectivity index (χ3n) is 4.73. The summed E-state index contributed by atoms with van der Waals surface area (Å²) >= 11 is 0. The van der Waals surface area contributed by atoms with Gasteiger partial charge in [0.05, 0.1) is 19.2 Å². The number of benzene rings is 2. The number of ether oxygens (including phenoxy) is 1. The van der Waals surface area contributed by atoms with Gasteiger partial charge < -0.3 is 10.1 Å². The van der Waals surface area contributed by atoms with Crippen LogP contribution in [0.3, 0.4) is 0 Å². The quantitative estimate of drug-likeness (QED) is 0.494. The van der Waals surface area contributed by atoms with E-state index in [1.54, 1.807) is 43.5 Å². The van der Waals surface area contributed by atoms with Crippen molar-refractivity contribution in [3.63, 3.8) is 0 Å². The molecule has 0 unspecified atom stereocenters. The first-order valence-corrected chi connectivity index (χ1v) is 9.61. The normalized spacial score (nSPS) is 11.5. The lowest BCUT2D eigenvalue weighted by molar-refractivity contribution is -0.144. The van der Waals surface area contributed by atoms with Crippen LogP contribution in [-0.4, -0.2) is 32.6 Å². The molecule has 0 radical (unpaired) electrons. The van der Waals surface area contributed by atoms with Crippen molar-refractivity contribution in [1.29, 1.82) is 0 Å². The first-order valence-electron chi connectivity index (χ1n) is 9.61. The molecule has 2 heterocycles. The molecule has 0 saturated carbocycles. The maximum Gasteiger partial charge on any atom is 0.453 e. The highest BCUT2D eigenvalue weighted by Crippen LogP contribution is 2.28. The van der Waals surface area contributed by atoms with E-state index in [4.69, 9.17) is 4.74 Å². The predicted molar refractivity (Wildman–Crippen MR) is 110 cm³/mol. The van der Waals surface area contributed by atoms with Crippen molar-refractivity contribution in [2.45, 2.75) is 19.1 Å². The number of aromatic nitrogens is 4. The molecule has 4 aromatic rings. The minimum absolute atomic E-state index is 0.135. The maximum absolute atomic E-state index is 12.9. The summed E-state index contributed by atoms with van der Waals surface area (Å²) in [6.07, 6.45) is -3.05. The Hall–Kier alpha value is -3.95. The summed E-state index contributed by atoms with van der Waals surface area (Å²) in [4.78, 5) is 19.5. The fourth-order valence-electron chi connectivity index (χ4n) is 3.16. The summed E-state index contributed by atoms with van der Waals surface area (Å²) in [6, 6.07) is 15.9. The van der Waals surface area contributed by atoms with Gasteiger partial charge in [-0.3, -0.25) is 4.79 Å². The van der Waals surface area contributed by atoms with Gasteiger partial charge in [-0.2, -0.15) is 22.7 Å². The van der Waals surface area contributed by atoms with Gasteiger partial charge in [-0.25, -0.2) is 4.98 Å². The highest BCUT2D eigenvalue weighted by atomic mass is 19.4. The molecule has 0 spiro atoms. The summed E-state index contributed by atoms with van der Waals surface area (Å²) in [6.45, 7) is 0.316. The third-order valence-corrected chi connectivity index (χ3v) is 4.73. The Bertz CT molecular complexity index is 1250. The standard InChI is InChI=1S/C22H18F3N5O2/c1-32-17-4-2-3-15(11-17)12-19(31)27-13-14-5-7-16(8-6-14)18-9-10-26-21-28-20(22(23,24)25)29-30(18)21/h2-11H,12-13H2,1H3,(H,27,31). The smallest absolute Gasteiger partial charge is 0.453 e. The van der Waals surface area contributed by atoms with E-state index < -0.39 is 12.0 Å². The number of alkyl halides is 3. The highest BCUT2D eigenvalue weighted by Gasteiger charge is 2.36. The topological polar surface area (TPSA) is 81.4 Å². The van der Waals surface area contributed by atoms with Gasteiger partial charge in [0.1, 0.15) is 5.75 Å². The minimum atomic E-state index is -4.65. The number of fused-ring (bicyclic) bond motifs is 1. The van der Waals surface area contributed by atoms with Crippen LogP contribution in [0.1, 0.15) is 17.0 Å². The Morgan fingerprint density at radius 2 is 1.88 bits per heavy atom. The second kappa shape index (κ2) is 8.66. The summed E-state index contributed by atoms with van der Waals surface area (Å²) in [5.41, 5.74) is 2.74. The van der Waals surface area contributed by atoms with Gasteiger partial charge in [0.25, 0.3) is 11.6 Å². The number of carbonyl (C=O) groups is 1. The van der Waals surface area contributed by atoms with Crippen LogP contribution in [-0.2, 0) is 23.9 Å². The van der Waals surface area contributed by atoms with Gasteiger partial charge in [0.15, 0.2) is 0 Å². The number of carbonyl (C=O) groups excluding carboxylic acids is 1. The van der Waals surface area contributed by atoms with E-state index in [0.717, 1.165) is 15.6 Å². The third kappa shape index (κ3) is 4.69. The molecule has 0 aliphatic heterocycles. The van der Waals surface area contributed by atoms with Crippen LogP contribution in [0.2, 0.25) is 0 Å². The van der Waals surface area contributed by atoms with Crippen molar-refractivity contribution < 1.29 is 22.7 Å². The molecular weight excluding hydrogens is 423 g/mol. The molecule has 0 bridgehead atoms. The molecule has 0 aliphatic carbocycles. The van der Waals surface area contributed by atoms with Gasteiger partial charge in [-0.15, -0.1) is 5.10 Å². The zero-order valence-electron chi connectivity index (χ0n) is 16.9. The number of hydrogen-bond donors (Lipinski definition) is 1. The van der Waals surface area contributed by atoms with Crippen LogP contribution in [0.5, 0.6) is 5.75 Å². The van der Waals surface area contributed by atoms with Crippen LogP contribution < -0.4 is 10.1 Å². The van der Waals surface area contributed by atoms with Crippen molar-refractivity contribution in [3.8, 4) is 17.0 Å². The molecule has 32 heavy (non-hydrogen) atoms. The lowest BCUT2D eigenvalue weighted by Gasteiger charge is -2.08. The minimum Gasteiger partial charge on any atom is -0.497 e. The van der Waals surface area contributed by atoms with E-state index in [9.17, 15) is 18.0 Å². The number of methoxy groups -OCH3 is 1. The van der Waals surface area contributed by atoms with Crippen molar-refractivity contribution in [3.05, 3.63) is 77.7 Å². The largest absolute Gasteiger partial charge is 0.497 e. The van der Waals surface area contributed by atoms with Crippen molar-refractivity contribution >= 4 is 11.7 Å². The molecule has 1 N–H and O–H groups in total. The van der Waals surface area contributed by atoms with E-state index >= 15 is 0 Å². The van der Waals surface area contributed by atoms with Crippen LogP contribution >= 0.6 is 0 Å². The van der Waals surface area contributed by atoms with E-state index in [0.29, 0.717) is 23.6 Å². The second-order valence-electron chi connectivity index (χ2n) is 6.98. The van der Waals surface area contributed by atoms with E-state index in [1.807, 2.05) is 18.2 Å². The van der Waals surface area contributed by atoms with Crippen LogP contribution in [0.25, 0.3) is 17.0 Å². The van der Waals surface area contributed by atoms with Crippen molar-refractivity contribution in [2.24, 2.45) is 0 Å². The summed E-state index contributed by atoms with van der Waals surface area (Å²) < 4.78 is 45.0. The van der Waals surface area contributed by atoms with Gasteiger partial charge in [-0.05, 0) is 29.3 Å². The first-order chi connectivity index (χ1) is 15.3. The molecule has 164 valence electrons. The summed E-state index contributed by atoms with van der Waals surface area (Å²) in [5.74, 6) is -0.831. The second-order valence-corrected chi connectivity index (χ2v) is 6.98. The van der Waals surface area contributed by atoms with Crippen LogP contribution in [0.15, 0.2) is 60.8 Å². The Morgan fingerprint density at radius 1 is 1.09 bits per heavy atom. The molecule has 2 aromatic heterocycles. The molecule has 10 heteroatoms. The number of hydrogen-bond acceptors (Lipinski definition) is 5. The lowest BCUT2D eigenvalue weighted by atomic mass is 10.1. The highest BCUT2D eigenvalue weighted by molar-refractivity contribution is 5.78. The fourth-order valence-corrected chi connectivity index (χ4v) is 3.16. The van der Waals surface area contributed by atoms with Crippen molar-refractivity contribution in [1.82, 2.24) is 24.9 Å². The molecule has 7 nitrogen and oxygen atoms in total. The van der Waals surface area contributed by atoms with Gasteiger partial charge in [0, 0.05) is 18.3 Å². The Kier molecular flexibility index (Phi) is 5.76. The van der Waals surface area contributed by atoms with Crippen molar-refractivity contribution in [2.75, 3.05) is 7.11 Å². The van der Waals surface area contributed by atoms with E-state index in [2.05, 4.69) is 20.4 Å².